The van der Waals surface area contributed by atoms with E-state index >= 15 is 0 Å². The highest BCUT2D eigenvalue weighted by molar-refractivity contribution is 5.91. The number of hydrogen-bond acceptors (Lipinski definition) is 5. The molecule has 2 fully saturated rings. The quantitative estimate of drug-likeness (QED) is 0.820. The normalized spacial score (nSPS) is 20.3. The average Bonchev–Trinajstić information content (AvgIpc) is 3.32. The van der Waals surface area contributed by atoms with Gasteiger partial charge in [-0.15, -0.1) is 0 Å². The largest absolute Gasteiger partial charge is 0.455 e. The van der Waals surface area contributed by atoms with Crippen molar-refractivity contribution in [3.8, 4) is 0 Å². The Labute approximate surface area is 160 Å². The van der Waals surface area contributed by atoms with Crippen molar-refractivity contribution in [3.05, 3.63) is 41.9 Å². The molecule has 0 atom stereocenters. The summed E-state index contributed by atoms with van der Waals surface area (Å²) in [5.74, 6) is 2.91. The van der Waals surface area contributed by atoms with Crippen LogP contribution in [0, 0.1) is 0 Å². The molecule has 1 amide bonds. The van der Waals surface area contributed by atoms with E-state index in [0.29, 0.717) is 11.7 Å². The van der Waals surface area contributed by atoms with Crippen LogP contribution in [-0.4, -0.2) is 76.5 Å². The van der Waals surface area contributed by atoms with Crippen LogP contribution in [0.3, 0.4) is 0 Å². The lowest BCUT2D eigenvalue weighted by atomic mass is 9.96. The molecule has 2 aliphatic heterocycles. The van der Waals surface area contributed by atoms with Gasteiger partial charge in [0.2, 0.25) is 0 Å². The van der Waals surface area contributed by atoms with Crippen molar-refractivity contribution in [2.75, 3.05) is 46.3 Å². The SMILES string of the molecule is CN1CCN(Cc2ccc(C(=O)N3CCC(c4nccn4C)CC3)o2)CC1. The Morgan fingerprint density at radius 2 is 1.85 bits per heavy atom. The van der Waals surface area contributed by atoms with Gasteiger partial charge in [0, 0.05) is 64.6 Å². The molecule has 2 aromatic rings. The van der Waals surface area contributed by atoms with Crippen molar-refractivity contribution in [3.63, 3.8) is 0 Å². The third-order valence-corrected chi connectivity index (χ3v) is 5.85. The molecule has 4 heterocycles. The van der Waals surface area contributed by atoms with E-state index < -0.39 is 0 Å². The van der Waals surface area contributed by atoms with Gasteiger partial charge in [0.25, 0.3) is 5.91 Å². The van der Waals surface area contributed by atoms with Crippen molar-refractivity contribution >= 4 is 5.91 Å². The Kier molecular flexibility index (Phi) is 5.31. The van der Waals surface area contributed by atoms with Gasteiger partial charge in [0.15, 0.2) is 5.76 Å². The van der Waals surface area contributed by atoms with Gasteiger partial charge in [-0.05, 0) is 32.0 Å². The van der Waals surface area contributed by atoms with Crippen molar-refractivity contribution in [1.29, 1.82) is 0 Å². The van der Waals surface area contributed by atoms with E-state index in [1.807, 2.05) is 36.5 Å². The molecule has 146 valence electrons. The molecule has 4 rings (SSSR count). The molecule has 0 N–H and O–H groups in total. The first-order valence-electron chi connectivity index (χ1n) is 9.86. The van der Waals surface area contributed by atoms with Gasteiger partial charge in [-0.25, -0.2) is 4.98 Å². The van der Waals surface area contributed by atoms with Crippen LogP contribution >= 0.6 is 0 Å². The van der Waals surface area contributed by atoms with E-state index in [9.17, 15) is 4.79 Å². The van der Waals surface area contributed by atoms with Gasteiger partial charge >= 0.3 is 0 Å². The summed E-state index contributed by atoms with van der Waals surface area (Å²) in [4.78, 5) is 23.9. The second-order valence-corrected chi connectivity index (χ2v) is 7.81. The number of likely N-dealkylation sites (tertiary alicyclic amines) is 1. The van der Waals surface area contributed by atoms with E-state index in [0.717, 1.165) is 70.2 Å². The number of likely N-dealkylation sites (N-methyl/N-ethyl adjacent to an activating group) is 1. The Morgan fingerprint density at radius 3 is 2.52 bits per heavy atom. The number of nitrogens with zero attached hydrogens (tertiary/aromatic N) is 5. The highest BCUT2D eigenvalue weighted by atomic mass is 16.4. The number of amides is 1. The Bertz CT molecular complexity index is 767. The molecule has 0 spiro atoms. The zero-order chi connectivity index (χ0) is 18.8. The molecular weight excluding hydrogens is 342 g/mol. The van der Waals surface area contributed by atoms with Gasteiger partial charge in [-0.3, -0.25) is 9.69 Å². The van der Waals surface area contributed by atoms with Crippen molar-refractivity contribution in [2.45, 2.75) is 25.3 Å². The summed E-state index contributed by atoms with van der Waals surface area (Å²) in [5, 5.41) is 0. The summed E-state index contributed by atoms with van der Waals surface area (Å²) < 4.78 is 7.97. The number of aromatic nitrogens is 2. The number of aryl methyl sites for hydroxylation is 1. The van der Waals surface area contributed by atoms with Crippen LogP contribution < -0.4 is 0 Å². The molecule has 0 saturated carbocycles. The molecule has 0 aromatic carbocycles. The van der Waals surface area contributed by atoms with Crippen LogP contribution in [-0.2, 0) is 13.6 Å². The number of hydrogen-bond donors (Lipinski definition) is 0. The molecule has 0 radical (unpaired) electrons. The maximum atomic E-state index is 12.8. The molecule has 0 aliphatic carbocycles. The van der Waals surface area contributed by atoms with Gasteiger partial charge in [-0.1, -0.05) is 0 Å². The molecule has 27 heavy (non-hydrogen) atoms. The minimum atomic E-state index is 0.0120. The number of piperazine rings is 1. The van der Waals surface area contributed by atoms with Crippen molar-refractivity contribution in [2.24, 2.45) is 7.05 Å². The lowest BCUT2D eigenvalue weighted by Gasteiger charge is -2.31. The fraction of sp³-hybridized carbons (Fsp3) is 0.600. The van der Waals surface area contributed by atoms with Crippen LogP contribution in [0.4, 0.5) is 0 Å². The maximum absolute atomic E-state index is 12.8. The predicted octanol–water partition coefficient (Wildman–Crippen LogP) is 1.78. The van der Waals surface area contributed by atoms with Gasteiger partial charge in [-0.2, -0.15) is 0 Å². The predicted molar refractivity (Wildman–Crippen MR) is 103 cm³/mol. The van der Waals surface area contributed by atoms with Crippen LogP contribution in [0.5, 0.6) is 0 Å². The van der Waals surface area contributed by atoms with Crippen LogP contribution in [0.1, 0.15) is 40.9 Å². The van der Waals surface area contributed by atoms with Crippen LogP contribution in [0.2, 0.25) is 0 Å². The fourth-order valence-corrected chi connectivity index (χ4v) is 4.07. The molecule has 2 saturated heterocycles. The summed E-state index contributed by atoms with van der Waals surface area (Å²) in [7, 11) is 4.18. The number of carbonyl (C=O) groups excluding carboxylic acids is 1. The molecule has 2 aliphatic rings. The third-order valence-electron chi connectivity index (χ3n) is 5.85. The third kappa shape index (κ3) is 4.09. The summed E-state index contributed by atoms with van der Waals surface area (Å²) >= 11 is 0. The van der Waals surface area contributed by atoms with E-state index in [-0.39, 0.29) is 5.91 Å². The Balaban J connectivity index is 1.31. The Hall–Kier alpha value is -2.12. The summed E-state index contributed by atoms with van der Waals surface area (Å²) in [5.41, 5.74) is 0. The average molecular weight is 371 g/mol. The molecule has 7 nitrogen and oxygen atoms in total. The maximum Gasteiger partial charge on any atom is 0.289 e. The number of furan rings is 1. The monoisotopic (exact) mass is 371 g/mol. The highest BCUT2D eigenvalue weighted by Gasteiger charge is 2.28. The molecule has 0 bridgehead atoms. The molecule has 0 unspecified atom stereocenters. The Morgan fingerprint density at radius 1 is 1.11 bits per heavy atom. The van der Waals surface area contributed by atoms with E-state index in [2.05, 4.69) is 26.4 Å². The second kappa shape index (κ2) is 7.86. The number of carbonyl (C=O) groups is 1. The number of rotatable bonds is 4. The van der Waals surface area contributed by atoms with Crippen LogP contribution in [0.25, 0.3) is 0 Å². The van der Waals surface area contributed by atoms with Gasteiger partial charge in [0.05, 0.1) is 6.54 Å². The first-order chi connectivity index (χ1) is 13.1. The van der Waals surface area contributed by atoms with Crippen LogP contribution in [0.15, 0.2) is 28.9 Å². The van der Waals surface area contributed by atoms with E-state index in [4.69, 9.17) is 4.42 Å². The minimum Gasteiger partial charge on any atom is -0.455 e. The molecule has 7 heteroatoms. The van der Waals surface area contributed by atoms with Gasteiger partial charge in [0.1, 0.15) is 11.6 Å². The van der Waals surface area contributed by atoms with Gasteiger partial charge < -0.3 is 18.8 Å². The van der Waals surface area contributed by atoms with E-state index in [1.165, 1.54) is 0 Å². The lowest BCUT2D eigenvalue weighted by molar-refractivity contribution is 0.0673. The zero-order valence-corrected chi connectivity index (χ0v) is 16.3. The first-order valence-corrected chi connectivity index (χ1v) is 9.86. The summed E-state index contributed by atoms with van der Waals surface area (Å²) in [6.07, 6.45) is 5.73. The standard InChI is InChI=1S/C20H29N5O2/c1-22-11-13-24(14-12-22)15-17-3-4-18(27-17)20(26)25-8-5-16(6-9-25)19-21-7-10-23(19)2/h3-4,7,10,16H,5-6,8-9,11-15H2,1-2H3. The topological polar surface area (TPSA) is 57.8 Å². The van der Waals surface area contributed by atoms with Crippen molar-refractivity contribution < 1.29 is 9.21 Å². The fourth-order valence-electron chi connectivity index (χ4n) is 4.07. The van der Waals surface area contributed by atoms with Crippen molar-refractivity contribution in [1.82, 2.24) is 24.3 Å². The number of imidazole rings is 1. The second-order valence-electron chi connectivity index (χ2n) is 7.81. The lowest BCUT2D eigenvalue weighted by Crippen LogP contribution is -2.43. The number of piperidine rings is 1. The van der Waals surface area contributed by atoms with E-state index in [1.54, 1.807) is 0 Å². The summed E-state index contributed by atoms with van der Waals surface area (Å²) in [6, 6.07) is 3.78. The zero-order valence-electron chi connectivity index (χ0n) is 16.3. The molecular formula is C20H29N5O2. The first kappa shape index (κ1) is 18.3. The molecule has 2 aromatic heterocycles. The highest BCUT2D eigenvalue weighted by Crippen LogP contribution is 2.27. The summed E-state index contributed by atoms with van der Waals surface area (Å²) in [6.45, 7) is 6.54. The smallest absolute Gasteiger partial charge is 0.289 e. The minimum absolute atomic E-state index is 0.0120.